The molecule has 6 heteroatoms. The second-order valence-corrected chi connectivity index (χ2v) is 8.20. The van der Waals surface area contributed by atoms with Crippen LogP contribution >= 0.6 is 0 Å². The van der Waals surface area contributed by atoms with Crippen LogP contribution in [0.15, 0.2) is 65.9 Å². The van der Waals surface area contributed by atoms with E-state index >= 15 is 0 Å². The number of amides is 2. The highest BCUT2D eigenvalue weighted by Crippen LogP contribution is 2.37. The Kier molecular flexibility index (Phi) is 7.46. The standard InChI is InChI=1S/C26H30N2O4/c1-5-32-26(31)24-18(4)28(23(29)15-22(24)20-11-7-6-8-12-20)16-19-10-9-13-21(14-19)25(30)27-17(2)3/h6-14,17,22H,5,15-16H2,1-4H3,(H,27,30). The van der Waals surface area contributed by atoms with E-state index in [1.807, 2.05) is 50.2 Å². The lowest BCUT2D eigenvalue weighted by atomic mass is 9.83. The Morgan fingerprint density at radius 3 is 2.50 bits per heavy atom. The Morgan fingerprint density at radius 1 is 1.12 bits per heavy atom. The molecule has 0 fully saturated rings. The Hall–Kier alpha value is -3.41. The molecule has 3 rings (SSSR count). The van der Waals surface area contributed by atoms with Gasteiger partial charge < -0.3 is 15.0 Å². The van der Waals surface area contributed by atoms with Crippen LogP contribution in [0.3, 0.4) is 0 Å². The quantitative estimate of drug-likeness (QED) is 0.664. The molecule has 0 radical (unpaired) electrons. The molecule has 2 aromatic carbocycles. The number of carbonyl (C=O) groups is 3. The van der Waals surface area contributed by atoms with E-state index < -0.39 is 5.97 Å². The number of nitrogens with zero attached hydrogens (tertiary/aromatic N) is 1. The van der Waals surface area contributed by atoms with Gasteiger partial charge in [0.05, 0.1) is 18.7 Å². The molecule has 2 aromatic rings. The topological polar surface area (TPSA) is 75.7 Å². The first-order chi connectivity index (χ1) is 15.3. The van der Waals surface area contributed by atoms with Crippen molar-refractivity contribution in [3.05, 3.63) is 82.6 Å². The number of benzene rings is 2. The predicted molar refractivity (Wildman–Crippen MR) is 123 cm³/mol. The zero-order chi connectivity index (χ0) is 23.3. The van der Waals surface area contributed by atoms with E-state index in [9.17, 15) is 14.4 Å². The third kappa shape index (κ3) is 5.25. The highest BCUT2D eigenvalue weighted by molar-refractivity contribution is 5.96. The molecule has 0 aliphatic carbocycles. The van der Waals surface area contributed by atoms with E-state index in [0.717, 1.165) is 11.1 Å². The lowest BCUT2D eigenvalue weighted by Gasteiger charge is -2.34. The maximum absolute atomic E-state index is 13.1. The third-order valence-corrected chi connectivity index (χ3v) is 5.47. The van der Waals surface area contributed by atoms with E-state index in [1.165, 1.54) is 0 Å². The molecule has 1 unspecified atom stereocenters. The van der Waals surface area contributed by atoms with Crippen molar-refractivity contribution in [2.45, 2.75) is 52.6 Å². The minimum atomic E-state index is -0.401. The van der Waals surface area contributed by atoms with Gasteiger partial charge in [-0.25, -0.2) is 4.79 Å². The number of nitrogens with one attached hydrogen (secondary N) is 1. The van der Waals surface area contributed by atoms with Gasteiger partial charge in [0.15, 0.2) is 0 Å². The van der Waals surface area contributed by atoms with Gasteiger partial charge in [-0.15, -0.1) is 0 Å². The molecule has 1 aliphatic heterocycles. The summed E-state index contributed by atoms with van der Waals surface area (Å²) in [7, 11) is 0. The number of carbonyl (C=O) groups excluding carboxylic acids is 3. The summed E-state index contributed by atoms with van der Waals surface area (Å²) in [6.45, 7) is 7.90. The average molecular weight is 435 g/mol. The van der Waals surface area contributed by atoms with E-state index in [0.29, 0.717) is 16.8 Å². The van der Waals surface area contributed by atoms with Crippen molar-refractivity contribution < 1.29 is 19.1 Å². The molecule has 0 aromatic heterocycles. The molecule has 0 saturated carbocycles. The summed E-state index contributed by atoms with van der Waals surface area (Å²) in [6.07, 6.45) is 0.184. The van der Waals surface area contributed by atoms with Crippen LogP contribution in [0.25, 0.3) is 0 Å². The molecule has 168 valence electrons. The van der Waals surface area contributed by atoms with Crippen molar-refractivity contribution in [1.29, 1.82) is 0 Å². The van der Waals surface area contributed by atoms with Gasteiger partial charge >= 0.3 is 5.97 Å². The van der Waals surface area contributed by atoms with Gasteiger partial charge in [-0.05, 0) is 51.0 Å². The molecule has 1 atom stereocenters. The monoisotopic (exact) mass is 434 g/mol. The average Bonchev–Trinajstić information content (AvgIpc) is 2.76. The molecule has 1 aliphatic rings. The zero-order valence-corrected chi connectivity index (χ0v) is 19.1. The van der Waals surface area contributed by atoms with Crippen LogP contribution in [-0.2, 0) is 20.9 Å². The third-order valence-electron chi connectivity index (χ3n) is 5.47. The van der Waals surface area contributed by atoms with Gasteiger partial charge in [-0.2, -0.15) is 0 Å². The summed E-state index contributed by atoms with van der Waals surface area (Å²) in [4.78, 5) is 40.0. The van der Waals surface area contributed by atoms with Crippen LogP contribution in [0.1, 0.15) is 61.5 Å². The highest BCUT2D eigenvalue weighted by atomic mass is 16.5. The molecular weight excluding hydrogens is 404 g/mol. The molecule has 2 amide bonds. The van der Waals surface area contributed by atoms with E-state index in [4.69, 9.17) is 4.74 Å². The van der Waals surface area contributed by atoms with Crippen molar-refractivity contribution in [2.75, 3.05) is 6.61 Å². The Labute approximate surface area is 189 Å². The molecule has 1 heterocycles. The number of esters is 1. The smallest absolute Gasteiger partial charge is 0.336 e. The molecule has 0 spiro atoms. The summed E-state index contributed by atoms with van der Waals surface area (Å²) in [5.74, 6) is -0.972. The molecule has 0 bridgehead atoms. The van der Waals surface area contributed by atoms with Gasteiger partial charge in [-0.3, -0.25) is 9.59 Å². The van der Waals surface area contributed by atoms with Gasteiger partial charge in [0.25, 0.3) is 5.91 Å². The fourth-order valence-electron chi connectivity index (χ4n) is 3.99. The van der Waals surface area contributed by atoms with Crippen molar-refractivity contribution in [2.24, 2.45) is 0 Å². The van der Waals surface area contributed by atoms with Gasteiger partial charge in [0.2, 0.25) is 5.91 Å². The Balaban J connectivity index is 1.95. The summed E-state index contributed by atoms with van der Waals surface area (Å²) < 4.78 is 5.34. The molecule has 0 saturated heterocycles. The second kappa shape index (κ2) is 10.3. The first-order valence-corrected chi connectivity index (χ1v) is 10.9. The molecule has 6 nitrogen and oxygen atoms in total. The minimum absolute atomic E-state index is 0.0297. The first-order valence-electron chi connectivity index (χ1n) is 10.9. The van der Waals surface area contributed by atoms with Crippen molar-refractivity contribution in [1.82, 2.24) is 10.2 Å². The maximum atomic E-state index is 13.1. The maximum Gasteiger partial charge on any atom is 0.336 e. The normalized spacial score (nSPS) is 16.3. The number of ether oxygens (including phenoxy) is 1. The van der Waals surface area contributed by atoms with Crippen molar-refractivity contribution in [3.63, 3.8) is 0 Å². The van der Waals surface area contributed by atoms with Crippen LogP contribution < -0.4 is 5.32 Å². The Bertz CT molecular complexity index is 1030. The fourth-order valence-corrected chi connectivity index (χ4v) is 3.99. The summed E-state index contributed by atoms with van der Waals surface area (Å²) in [6, 6.07) is 16.8. The molecule has 32 heavy (non-hydrogen) atoms. The van der Waals surface area contributed by atoms with Gasteiger partial charge in [-0.1, -0.05) is 42.5 Å². The molecule has 1 N–H and O–H groups in total. The number of rotatable bonds is 7. The van der Waals surface area contributed by atoms with E-state index in [1.54, 1.807) is 36.9 Å². The Morgan fingerprint density at radius 2 is 1.84 bits per heavy atom. The van der Waals surface area contributed by atoms with Crippen LogP contribution in [0.2, 0.25) is 0 Å². The van der Waals surface area contributed by atoms with Crippen molar-refractivity contribution >= 4 is 17.8 Å². The lowest BCUT2D eigenvalue weighted by Crippen LogP contribution is -2.38. The zero-order valence-electron chi connectivity index (χ0n) is 19.1. The lowest BCUT2D eigenvalue weighted by molar-refractivity contribution is -0.140. The van der Waals surface area contributed by atoms with Crippen molar-refractivity contribution in [3.8, 4) is 0 Å². The van der Waals surface area contributed by atoms with E-state index in [2.05, 4.69) is 5.32 Å². The van der Waals surface area contributed by atoms with Crippen LogP contribution in [0.4, 0.5) is 0 Å². The fraction of sp³-hybridized carbons (Fsp3) is 0.346. The van der Waals surface area contributed by atoms with Crippen LogP contribution in [0, 0.1) is 0 Å². The van der Waals surface area contributed by atoms with Gasteiger partial charge in [0.1, 0.15) is 0 Å². The van der Waals surface area contributed by atoms with Crippen LogP contribution in [-0.4, -0.2) is 35.3 Å². The summed E-state index contributed by atoms with van der Waals surface area (Å²) >= 11 is 0. The number of allylic oxidation sites excluding steroid dienone is 1. The minimum Gasteiger partial charge on any atom is -0.463 e. The van der Waals surface area contributed by atoms with Crippen LogP contribution in [0.5, 0.6) is 0 Å². The largest absolute Gasteiger partial charge is 0.463 e. The second-order valence-electron chi connectivity index (χ2n) is 8.20. The SMILES string of the molecule is CCOC(=O)C1=C(C)N(Cc2cccc(C(=O)NC(C)C)c2)C(=O)CC1c1ccccc1. The predicted octanol–water partition coefficient (Wildman–Crippen LogP) is 4.18. The highest BCUT2D eigenvalue weighted by Gasteiger charge is 2.36. The summed E-state index contributed by atoms with van der Waals surface area (Å²) in [5.41, 5.74) is 3.36. The molecular formula is C26H30N2O4. The first kappa shape index (κ1) is 23.3. The van der Waals surface area contributed by atoms with E-state index in [-0.39, 0.29) is 43.3 Å². The van der Waals surface area contributed by atoms with Gasteiger partial charge in [0, 0.05) is 29.6 Å². The number of hydrogen-bond acceptors (Lipinski definition) is 4. The summed E-state index contributed by atoms with van der Waals surface area (Å²) in [5, 5.41) is 2.88. The number of hydrogen-bond donors (Lipinski definition) is 1.